The van der Waals surface area contributed by atoms with Crippen LogP contribution in [0.2, 0.25) is 0 Å². The van der Waals surface area contributed by atoms with E-state index in [9.17, 15) is 4.79 Å². The Bertz CT molecular complexity index is 575. The second kappa shape index (κ2) is 8.60. The van der Waals surface area contributed by atoms with E-state index >= 15 is 0 Å². The van der Waals surface area contributed by atoms with E-state index in [0.717, 1.165) is 29.7 Å². The first kappa shape index (κ1) is 16.6. The van der Waals surface area contributed by atoms with Gasteiger partial charge in [-0.25, -0.2) is 0 Å². The Kier molecular flexibility index (Phi) is 6.47. The highest BCUT2D eigenvalue weighted by Crippen LogP contribution is 2.30. The fraction of sp³-hybridized carbons (Fsp3) is 0.316. The smallest absolute Gasteiger partial charge is 0.198 e. The van der Waals surface area contributed by atoms with Gasteiger partial charge in [0, 0.05) is 6.42 Å². The Hall–Kier alpha value is -1.80. The minimum atomic E-state index is -0.155. The first-order chi connectivity index (χ1) is 10.7. The molecule has 3 heteroatoms. The maximum absolute atomic E-state index is 10.1. The van der Waals surface area contributed by atoms with Crippen LogP contribution in [0.4, 0.5) is 0 Å². The van der Waals surface area contributed by atoms with Gasteiger partial charge in [-0.3, -0.25) is 4.79 Å². The first-order valence-corrected chi connectivity index (χ1v) is 7.93. The van der Waals surface area contributed by atoms with Crippen molar-refractivity contribution >= 4 is 17.9 Å². The Morgan fingerprint density at radius 1 is 1.00 bits per heavy atom. The number of ether oxygens (including phenoxy) is 1. The van der Waals surface area contributed by atoms with Gasteiger partial charge < -0.3 is 4.74 Å². The molecule has 2 rings (SSSR count). The van der Waals surface area contributed by atoms with Crippen LogP contribution in [0.1, 0.15) is 41.3 Å². The largest absolute Gasteiger partial charge is 0.494 e. The van der Waals surface area contributed by atoms with Gasteiger partial charge >= 0.3 is 0 Å². The van der Waals surface area contributed by atoms with Crippen molar-refractivity contribution in [3.05, 3.63) is 65.2 Å². The predicted octanol–water partition coefficient (Wildman–Crippen LogP) is 4.98. The number of alkyl halides is 1. The maximum atomic E-state index is 10.1. The molecule has 0 amide bonds. The third kappa shape index (κ3) is 4.88. The number of aryl methyl sites for hydroxylation is 1. The molecule has 115 valence electrons. The summed E-state index contributed by atoms with van der Waals surface area (Å²) >= 11 is 6.52. The Labute approximate surface area is 137 Å². The van der Waals surface area contributed by atoms with Gasteiger partial charge in [0.25, 0.3) is 0 Å². The molecule has 1 atom stereocenters. The van der Waals surface area contributed by atoms with E-state index in [0.29, 0.717) is 13.0 Å². The van der Waals surface area contributed by atoms with Gasteiger partial charge in [0.05, 0.1) is 12.0 Å². The molecule has 0 aliphatic carbocycles. The van der Waals surface area contributed by atoms with E-state index in [1.807, 2.05) is 30.6 Å². The highest BCUT2D eigenvalue weighted by molar-refractivity contribution is 6.22. The molecule has 0 aliphatic rings. The lowest BCUT2D eigenvalue weighted by molar-refractivity contribution is 0.307. The molecule has 0 spiro atoms. The number of hydrogen-bond donors (Lipinski definition) is 0. The highest BCUT2D eigenvalue weighted by atomic mass is 35.5. The van der Waals surface area contributed by atoms with Crippen molar-refractivity contribution in [2.24, 2.45) is 0 Å². The minimum Gasteiger partial charge on any atom is -0.494 e. The van der Waals surface area contributed by atoms with Gasteiger partial charge in [-0.1, -0.05) is 42.0 Å². The summed E-state index contributed by atoms with van der Waals surface area (Å²) in [4.78, 5) is 10.1. The number of carbonyl (C=O) groups excluding carboxylic acids is 1. The fourth-order valence-electron chi connectivity index (χ4n) is 2.15. The number of unbranched alkanes of at least 4 members (excludes halogenated alkanes) is 2. The van der Waals surface area contributed by atoms with Gasteiger partial charge in [0.2, 0.25) is 0 Å². The van der Waals surface area contributed by atoms with Crippen LogP contribution in [0.5, 0.6) is 5.75 Å². The topological polar surface area (TPSA) is 26.3 Å². The van der Waals surface area contributed by atoms with Gasteiger partial charge in [-0.15, -0.1) is 11.6 Å². The molecule has 0 saturated heterocycles. The van der Waals surface area contributed by atoms with E-state index < -0.39 is 0 Å². The summed E-state index contributed by atoms with van der Waals surface area (Å²) in [6, 6.07) is 16.1. The zero-order valence-electron chi connectivity index (χ0n) is 12.7. The molecule has 0 bridgehead atoms. The van der Waals surface area contributed by atoms with Crippen molar-refractivity contribution in [1.29, 1.82) is 0 Å². The summed E-state index contributed by atoms with van der Waals surface area (Å²) in [6.07, 6.45) is 4.04. The number of halogens is 1. The normalized spacial score (nSPS) is 11.9. The van der Waals surface area contributed by atoms with Crippen LogP contribution in [0.25, 0.3) is 0 Å². The molecule has 2 aromatic carbocycles. The molecular weight excluding hydrogens is 296 g/mol. The standard InChI is InChI=1S/C19H20ClO2/c1-15-5-7-16(8-6-15)19(20)17-9-11-18(12-10-17)22-14-4-2-3-13-21/h5-12,19H,2-4,14H2,1H3. The third-order valence-corrected chi connectivity index (χ3v) is 3.99. The van der Waals surface area contributed by atoms with Gasteiger partial charge in [-0.05, 0) is 43.0 Å². The van der Waals surface area contributed by atoms with E-state index in [2.05, 4.69) is 31.2 Å². The van der Waals surface area contributed by atoms with Crippen molar-refractivity contribution < 1.29 is 9.53 Å². The second-order valence-electron chi connectivity index (χ2n) is 5.29. The van der Waals surface area contributed by atoms with Crippen LogP contribution in [-0.2, 0) is 4.79 Å². The van der Waals surface area contributed by atoms with E-state index in [-0.39, 0.29) is 5.38 Å². The molecule has 0 aromatic heterocycles. The maximum Gasteiger partial charge on any atom is 0.198 e. The van der Waals surface area contributed by atoms with E-state index in [1.165, 1.54) is 5.56 Å². The van der Waals surface area contributed by atoms with Crippen molar-refractivity contribution in [2.45, 2.75) is 31.6 Å². The Morgan fingerprint density at radius 3 is 2.18 bits per heavy atom. The molecule has 2 aromatic rings. The lowest BCUT2D eigenvalue weighted by atomic mass is 10.0. The third-order valence-electron chi connectivity index (χ3n) is 3.48. The summed E-state index contributed by atoms with van der Waals surface area (Å²) in [7, 11) is 0. The first-order valence-electron chi connectivity index (χ1n) is 7.49. The van der Waals surface area contributed by atoms with E-state index in [4.69, 9.17) is 16.3 Å². The summed E-state index contributed by atoms with van der Waals surface area (Å²) in [5.41, 5.74) is 3.36. The van der Waals surface area contributed by atoms with Crippen LogP contribution in [-0.4, -0.2) is 12.9 Å². The highest BCUT2D eigenvalue weighted by Gasteiger charge is 2.10. The predicted molar refractivity (Wildman–Crippen MR) is 90.4 cm³/mol. The zero-order chi connectivity index (χ0) is 15.8. The van der Waals surface area contributed by atoms with Crippen molar-refractivity contribution in [1.82, 2.24) is 0 Å². The minimum absolute atomic E-state index is 0.155. The molecule has 0 heterocycles. The van der Waals surface area contributed by atoms with Crippen LogP contribution >= 0.6 is 11.6 Å². The molecule has 0 aliphatic heterocycles. The van der Waals surface area contributed by atoms with Crippen LogP contribution < -0.4 is 4.74 Å². The molecular formula is C19H20ClO2. The van der Waals surface area contributed by atoms with Crippen LogP contribution in [0, 0.1) is 6.92 Å². The number of benzene rings is 2. The number of rotatable bonds is 8. The number of hydrogen-bond acceptors (Lipinski definition) is 2. The quantitative estimate of drug-likeness (QED) is 0.507. The molecule has 0 fully saturated rings. The summed E-state index contributed by atoms with van der Waals surface area (Å²) in [6.45, 7) is 2.68. The van der Waals surface area contributed by atoms with E-state index in [1.54, 1.807) is 0 Å². The van der Waals surface area contributed by atoms with Crippen molar-refractivity contribution in [3.8, 4) is 5.75 Å². The average molecular weight is 316 g/mol. The summed E-state index contributed by atoms with van der Waals surface area (Å²) in [5.74, 6) is 0.826. The van der Waals surface area contributed by atoms with Crippen molar-refractivity contribution in [2.75, 3.05) is 6.61 Å². The fourth-order valence-corrected chi connectivity index (χ4v) is 2.44. The molecule has 0 N–H and O–H groups in total. The molecule has 0 saturated carbocycles. The van der Waals surface area contributed by atoms with Gasteiger partial charge in [-0.2, -0.15) is 0 Å². The average Bonchev–Trinajstić information content (AvgIpc) is 2.55. The summed E-state index contributed by atoms with van der Waals surface area (Å²) < 4.78 is 5.64. The molecule has 2 nitrogen and oxygen atoms in total. The summed E-state index contributed by atoms with van der Waals surface area (Å²) in [5, 5.41) is -0.155. The molecule has 1 unspecified atom stereocenters. The SMILES string of the molecule is Cc1ccc(C(Cl)c2ccc(OCCCC[C]=O)cc2)cc1. The van der Waals surface area contributed by atoms with Crippen molar-refractivity contribution in [3.63, 3.8) is 0 Å². The second-order valence-corrected chi connectivity index (χ2v) is 5.73. The monoisotopic (exact) mass is 315 g/mol. The van der Waals surface area contributed by atoms with Gasteiger partial charge in [0.15, 0.2) is 6.29 Å². The van der Waals surface area contributed by atoms with Crippen LogP contribution in [0.15, 0.2) is 48.5 Å². The van der Waals surface area contributed by atoms with Crippen LogP contribution in [0.3, 0.4) is 0 Å². The molecule has 1 radical (unpaired) electrons. The lowest BCUT2D eigenvalue weighted by Crippen LogP contribution is -1.98. The zero-order valence-corrected chi connectivity index (χ0v) is 13.5. The Balaban J connectivity index is 1.90. The molecule has 22 heavy (non-hydrogen) atoms. The van der Waals surface area contributed by atoms with Gasteiger partial charge in [0.1, 0.15) is 5.75 Å². The lowest BCUT2D eigenvalue weighted by Gasteiger charge is -2.12. The Morgan fingerprint density at radius 2 is 1.59 bits per heavy atom.